The van der Waals surface area contributed by atoms with Gasteiger partial charge in [0.2, 0.25) is 11.8 Å². The van der Waals surface area contributed by atoms with Crippen molar-refractivity contribution in [1.29, 1.82) is 0 Å². The number of ketones is 1. The third-order valence-corrected chi connectivity index (χ3v) is 4.77. The normalized spacial score (nSPS) is 13.9. The molecule has 2 amide bonds. The lowest BCUT2D eigenvalue weighted by Crippen LogP contribution is -2.50. The Morgan fingerprint density at radius 1 is 0.821 bits per heavy atom. The second-order valence-electron chi connectivity index (χ2n) is 6.86. The monoisotopic (exact) mass is 388 g/mol. The predicted octanol–water partition coefficient (Wildman–Crippen LogP) is 1.97. The smallest absolute Gasteiger partial charge is 0.306 e. The zero-order chi connectivity index (χ0) is 20.5. The molecule has 1 aromatic carbocycles. The lowest BCUT2D eigenvalue weighted by Gasteiger charge is -2.34. The lowest BCUT2D eigenvalue weighted by atomic mass is 10.0. The lowest BCUT2D eigenvalue weighted by molar-refractivity contribution is -0.146. The summed E-state index contributed by atoms with van der Waals surface area (Å²) in [4.78, 5) is 51.4. The van der Waals surface area contributed by atoms with Crippen LogP contribution in [-0.2, 0) is 19.1 Å². The second-order valence-corrected chi connectivity index (χ2v) is 6.86. The number of hydrogen-bond acceptors (Lipinski definition) is 5. The highest BCUT2D eigenvalue weighted by molar-refractivity contribution is 5.98. The number of aryl methyl sites for hydroxylation is 1. The largest absolute Gasteiger partial charge is 0.466 e. The van der Waals surface area contributed by atoms with Crippen LogP contribution in [0.25, 0.3) is 0 Å². The summed E-state index contributed by atoms with van der Waals surface area (Å²) < 4.78 is 4.82. The average molecular weight is 388 g/mol. The van der Waals surface area contributed by atoms with Gasteiger partial charge in [-0.25, -0.2) is 0 Å². The van der Waals surface area contributed by atoms with E-state index in [0.717, 1.165) is 5.56 Å². The zero-order valence-electron chi connectivity index (χ0n) is 16.6. The van der Waals surface area contributed by atoms with Gasteiger partial charge in [0, 0.05) is 51.0 Å². The van der Waals surface area contributed by atoms with Gasteiger partial charge in [0.15, 0.2) is 5.78 Å². The van der Waals surface area contributed by atoms with Crippen LogP contribution in [0.5, 0.6) is 0 Å². The number of carbonyl (C=O) groups excluding carboxylic acids is 4. The van der Waals surface area contributed by atoms with E-state index in [1.165, 1.54) is 0 Å². The molecule has 28 heavy (non-hydrogen) atoms. The Kier molecular flexibility index (Phi) is 8.17. The van der Waals surface area contributed by atoms with Crippen LogP contribution in [0.1, 0.15) is 48.5 Å². The van der Waals surface area contributed by atoms with Gasteiger partial charge in [-0.15, -0.1) is 0 Å². The number of carbonyl (C=O) groups is 4. The molecule has 152 valence electrons. The molecule has 1 aliphatic heterocycles. The quantitative estimate of drug-likeness (QED) is 0.502. The molecule has 0 aromatic heterocycles. The van der Waals surface area contributed by atoms with E-state index in [1.807, 2.05) is 19.1 Å². The number of piperazine rings is 1. The second kappa shape index (κ2) is 10.6. The van der Waals surface area contributed by atoms with Gasteiger partial charge in [-0.05, 0) is 13.8 Å². The zero-order valence-corrected chi connectivity index (χ0v) is 16.6. The summed E-state index contributed by atoms with van der Waals surface area (Å²) in [6.45, 7) is 5.77. The Labute approximate surface area is 165 Å². The molecule has 0 atom stereocenters. The Hall–Kier alpha value is -2.70. The Balaban J connectivity index is 1.71. The van der Waals surface area contributed by atoms with Crippen molar-refractivity contribution in [3.8, 4) is 0 Å². The van der Waals surface area contributed by atoms with Crippen LogP contribution in [-0.4, -0.2) is 66.2 Å². The number of rotatable bonds is 8. The molecule has 1 saturated heterocycles. The first-order valence-electron chi connectivity index (χ1n) is 9.71. The van der Waals surface area contributed by atoms with Crippen LogP contribution in [0, 0.1) is 6.92 Å². The van der Waals surface area contributed by atoms with Gasteiger partial charge in [0.05, 0.1) is 13.0 Å². The first-order valence-corrected chi connectivity index (χ1v) is 9.71. The highest BCUT2D eigenvalue weighted by Crippen LogP contribution is 2.11. The minimum absolute atomic E-state index is 0.0406. The minimum Gasteiger partial charge on any atom is -0.466 e. The fourth-order valence-electron chi connectivity index (χ4n) is 3.07. The van der Waals surface area contributed by atoms with Crippen LogP contribution in [0.3, 0.4) is 0 Å². The van der Waals surface area contributed by atoms with Gasteiger partial charge in [0.25, 0.3) is 0 Å². The molecule has 7 heteroatoms. The van der Waals surface area contributed by atoms with Crippen molar-refractivity contribution in [2.45, 2.75) is 39.5 Å². The van der Waals surface area contributed by atoms with E-state index in [-0.39, 0.29) is 49.3 Å². The van der Waals surface area contributed by atoms with Crippen molar-refractivity contribution in [2.24, 2.45) is 0 Å². The minimum atomic E-state index is -0.372. The molecule has 0 unspecified atom stereocenters. The van der Waals surface area contributed by atoms with Gasteiger partial charge in [-0.2, -0.15) is 0 Å². The van der Waals surface area contributed by atoms with Crippen molar-refractivity contribution in [2.75, 3.05) is 32.8 Å². The van der Waals surface area contributed by atoms with Gasteiger partial charge < -0.3 is 14.5 Å². The van der Waals surface area contributed by atoms with Crippen LogP contribution in [0.2, 0.25) is 0 Å². The standard InChI is InChI=1S/C21H28N2O5/c1-3-28-21(27)11-10-20(26)23-14-12-22(13-15-23)19(25)9-8-18(24)17-6-4-16(2)5-7-17/h4-7H,3,8-15H2,1-2H3. The maximum absolute atomic E-state index is 12.4. The third kappa shape index (κ3) is 6.48. The molecule has 0 radical (unpaired) electrons. The summed E-state index contributed by atoms with van der Waals surface area (Å²) in [7, 11) is 0. The van der Waals surface area contributed by atoms with Gasteiger partial charge in [-0.1, -0.05) is 29.8 Å². The molecular weight excluding hydrogens is 360 g/mol. The highest BCUT2D eigenvalue weighted by Gasteiger charge is 2.24. The van der Waals surface area contributed by atoms with E-state index >= 15 is 0 Å². The summed E-state index contributed by atoms with van der Waals surface area (Å²) in [5, 5.41) is 0. The van der Waals surface area contributed by atoms with Crippen LogP contribution in [0.4, 0.5) is 0 Å². The fourth-order valence-corrected chi connectivity index (χ4v) is 3.07. The van der Waals surface area contributed by atoms with E-state index < -0.39 is 0 Å². The van der Waals surface area contributed by atoms with Gasteiger partial charge in [0.1, 0.15) is 0 Å². The highest BCUT2D eigenvalue weighted by atomic mass is 16.5. The third-order valence-electron chi connectivity index (χ3n) is 4.77. The molecule has 0 spiro atoms. The van der Waals surface area contributed by atoms with Crippen molar-refractivity contribution in [3.63, 3.8) is 0 Å². The molecule has 0 aliphatic carbocycles. The summed E-state index contributed by atoms with van der Waals surface area (Å²) in [6, 6.07) is 7.33. The Morgan fingerprint density at radius 3 is 1.82 bits per heavy atom. The van der Waals surface area contributed by atoms with Crippen molar-refractivity contribution in [3.05, 3.63) is 35.4 Å². The summed E-state index contributed by atoms with van der Waals surface area (Å²) >= 11 is 0. The summed E-state index contributed by atoms with van der Waals surface area (Å²) in [6.07, 6.45) is 0.550. The first-order chi connectivity index (χ1) is 13.4. The van der Waals surface area contributed by atoms with Gasteiger partial charge in [-0.3, -0.25) is 19.2 Å². The number of ether oxygens (including phenoxy) is 1. The molecule has 1 fully saturated rings. The van der Waals surface area contributed by atoms with E-state index in [0.29, 0.717) is 38.3 Å². The van der Waals surface area contributed by atoms with E-state index in [4.69, 9.17) is 4.74 Å². The SMILES string of the molecule is CCOC(=O)CCC(=O)N1CCN(C(=O)CCC(=O)c2ccc(C)cc2)CC1. The average Bonchev–Trinajstić information content (AvgIpc) is 2.71. The molecule has 1 aromatic rings. The van der Waals surface area contributed by atoms with Crippen LogP contribution >= 0.6 is 0 Å². The van der Waals surface area contributed by atoms with E-state index in [2.05, 4.69) is 0 Å². The predicted molar refractivity (Wildman–Crippen MR) is 104 cm³/mol. The molecular formula is C21H28N2O5. The Morgan fingerprint density at radius 2 is 1.32 bits per heavy atom. The maximum atomic E-state index is 12.4. The van der Waals surface area contributed by atoms with Crippen molar-refractivity contribution < 1.29 is 23.9 Å². The van der Waals surface area contributed by atoms with E-state index in [1.54, 1.807) is 28.9 Å². The number of Topliss-reactive ketones (excluding diaryl/α,β-unsaturated/α-hetero) is 1. The molecule has 0 saturated carbocycles. The van der Waals surface area contributed by atoms with Crippen molar-refractivity contribution in [1.82, 2.24) is 9.80 Å². The fraction of sp³-hybridized carbons (Fsp3) is 0.524. The number of hydrogen-bond donors (Lipinski definition) is 0. The summed E-state index contributed by atoms with van der Waals surface area (Å²) in [5.74, 6) is -0.585. The molecule has 7 nitrogen and oxygen atoms in total. The molecule has 0 N–H and O–H groups in total. The van der Waals surface area contributed by atoms with Gasteiger partial charge >= 0.3 is 5.97 Å². The molecule has 0 bridgehead atoms. The number of nitrogens with zero attached hydrogens (tertiary/aromatic N) is 2. The van der Waals surface area contributed by atoms with E-state index in [9.17, 15) is 19.2 Å². The van der Waals surface area contributed by atoms with Crippen LogP contribution < -0.4 is 0 Å². The van der Waals surface area contributed by atoms with Crippen LogP contribution in [0.15, 0.2) is 24.3 Å². The maximum Gasteiger partial charge on any atom is 0.306 e. The topological polar surface area (TPSA) is 84.0 Å². The van der Waals surface area contributed by atoms with Crippen molar-refractivity contribution >= 4 is 23.6 Å². The number of esters is 1. The summed E-state index contributed by atoms with van der Waals surface area (Å²) in [5.41, 5.74) is 1.71. The first kappa shape index (κ1) is 21.6. The number of benzene rings is 1. The molecule has 1 heterocycles. The number of amides is 2. The molecule has 1 aliphatic rings. The Bertz CT molecular complexity index is 706. The molecule has 2 rings (SSSR count).